The number of benzene rings is 1. The number of amides is 1. The number of rotatable bonds is 9. The fourth-order valence-corrected chi connectivity index (χ4v) is 5.01. The van der Waals surface area contributed by atoms with Crippen molar-refractivity contribution in [2.45, 2.75) is 63.8 Å². The molecule has 1 heterocycles. The van der Waals surface area contributed by atoms with Crippen molar-refractivity contribution < 1.29 is 18.1 Å². The third-order valence-electron chi connectivity index (χ3n) is 5.89. The van der Waals surface area contributed by atoms with Crippen LogP contribution in [0.15, 0.2) is 29.2 Å². The van der Waals surface area contributed by atoms with Crippen LogP contribution in [0, 0.1) is 0 Å². The highest BCUT2D eigenvalue weighted by Gasteiger charge is 2.31. The van der Waals surface area contributed by atoms with E-state index in [1.165, 1.54) is 5.56 Å². The first-order chi connectivity index (χ1) is 13.3. The van der Waals surface area contributed by atoms with Crippen LogP contribution >= 0.6 is 0 Å². The van der Waals surface area contributed by atoms with Crippen LogP contribution in [-0.4, -0.2) is 57.4 Å². The quantitative estimate of drug-likeness (QED) is 0.646. The van der Waals surface area contributed by atoms with Crippen molar-refractivity contribution in [2.24, 2.45) is 0 Å². The number of nitrogens with zero attached hydrogens (tertiary/aromatic N) is 1. The van der Waals surface area contributed by atoms with E-state index in [1.54, 1.807) is 16.4 Å². The molecule has 2 rings (SSSR count). The molecular weight excluding hydrogens is 374 g/mol. The minimum absolute atomic E-state index is 0.0561. The smallest absolute Gasteiger partial charge is 0.275 e. The van der Waals surface area contributed by atoms with Gasteiger partial charge in [0.15, 0.2) is 6.54 Å². The molecule has 1 aliphatic rings. The normalized spacial score (nSPS) is 17.6. The molecule has 1 aliphatic heterocycles. The van der Waals surface area contributed by atoms with E-state index in [9.17, 15) is 13.2 Å². The summed E-state index contributed by atoms with van der Waals surface area (Å²) in [6.45, 7) is 11.0. The highest BCUT2D eigenvalue weighted by molar-refractivity contribution is 7.89. The van der Waals surface area contributed by atoms with E-state index >= 15 is 0 Å². The summed E-state index contributed by atoms with van der Waals surface area (Å²) in [5.41, 5.74) is 1.17. The minimum Gasteiger partial charge on any atom is -0.349 e. The molecule has 1 saturated heterocycles. The molecule has 6 nitrogen and oxygen atoms in total. The number of hydrogen-bond acceptors (Lipinski definition) is 3. The summed E-state index contributed by atoms with van der Waals surface area (Å²) in [6, 6.07) is 7.51. The Labute approximate surface area is 170 Å². The largest absolute Gasteiger partial charge is 0.349 e. The number of carbonyl (C=O) groups excluding carboxylic acids is 1. The van der Waals surface area contributed by atoms with Gasteiger partial charge in [0.25, 0.3) is 5.91 Å². The second-order valence-corrected chi connectivity index (χ2v) is 9.73. The average Bonchev–Trinajstić information content (AvgIpc) is 2.71. The molecule has 0 spiro atoms. The Morgan fingerprint density at radius 1 is 1.07 bits per heavy atom. The molecule has 1 aromatic rings. The Kier molecular flexibility index (Phi) is 8.46. The van der Waals surface area contributed by atoms with Gasteiger partial charge in [-0.1, -0.05) is 39.8 Å². The molecule has 0 bridgehead atoms. The van der Waals surface area contributed by atoms with E-state index in [4.69, 9.17) is 0 Å². The topological polar surface area (TPSA) is 70.9 Å². The Bertz CT molecular complexity index is 722. The molecule has 158 valence electrons. The molecule has 0 unspecified atom stereocenters. The highest BCUT2D eigenvalue weighted by atomic mass is 32.2. The van der Waals surface area contributed by atoms with Crippen molar-refractivity contribution in [3.8, 4) is 0 Å². The monoisotopic (exact) mass is 410 g/mol. The van der Waals surface area contributed by atoms with E-state index in [1.807, 2.05) is 12.1 Å². The summed E-state index contributed by atoms with van der Waals surface area (Å²) in [5.74, 6) is 0.482. The molecule has 0 aromatic heterocycles. The molecule has 0 radical (unpaired) electrons. The second kappa shape index (κ2) is 10.4. The zero-order valence-electron chi connectivity index (χ0n) is 17.7. The fourth-order valence-electron chi connectivity index (χ4n) is 3.57. The van der Waals surface area contributed by atoms with E-state index < -0.39 is 10.0 Å². The van der Waals surface area contributed by atoms with Gasteiger partial charge in [-0.3, -0.25) is 4.79 Å². The average molecular weight is 411 g/mol. The summed E-state index contributed by atoms with van der Waals surface area (Å²) in [5, 5.41) is 3.06. The summed E-state index contributed by atoms with van der Waals surface area (Å²) >= 11 is 0. The summed E-state index contributed by atoms with van der Waals surface area (Å²) in [4.78, 5) is 13.7. The van der Waals surface area contributed by atoms with Gasteiger partial charge in [-0.25, -0.2) is 8.42 Å². The van der Waals surface area contributed by atoms with Gasteiger partial charge in [-0.2, -0.15) is 4.31 Å². The zero-order valence-corrected chi connectivity index (χ0v) is 18.5. The predicted octanol–water partition coefficient (Wildman–Crippen LogP) is 1.39. The van der Waals surface area contributed by atoms with Crippen LogP contribution in [0.4, 0.5) is 0 Å². The molecule has 0 aliphatic carbocycles. The maximum atomic E-state index is 12.9. The van der Waals surface area contributed by atoms with Gasteiger partial charge in [0.2, 0.25) is 10.0 Å². The van der Waals surface area contributed by atoms with Gasteiger partial charge in [-0.05, 0) is 42.9 Å². The van der Waals surface area contributed by atoms with Crippen molar-refractivity contribution in [3.63, 3.8) is 0 Å². The Morgan fingerprint density at radius 2 is 1.64 bits per heavy atom. The van der Waals surface area contributed by atoms with Crippen molar-refractivity contribution in [1.29, 1.82) is 0 Å². The number of sulfonamides is 1. The van der Waals surface area contributed by atoms with Gasteiger partial charge >= 0.3 is 0 Å². The van der Waals surface area contributed by atoms with Crippen LogP contribution in [0.2, 0.25) is 0 Å². The van der Waals surface area contributed by atoms with Crippen molar-refractivity contribution >= 4 is 15.9 Å². The maximum Gasteiger partial charge on any atom is 0.275 e. The predicted molar refractivity (Wildman–Crippen MR) is 112 cm³/mol. The van der Waals surface area contributed by atoms with Gasteiger partial charge in [0, 0.05) is 6.04 Å². The Balaban J connectivity index is 1.92. The summed E-state index contributed by atoms with van der Waals surface area (Å²) < 4.78 is 27.4. The van der Waals surface area contributed by atoms with E-state index in [2.05, 4.69) is 33.0 Å². The lowest BCUT2D eigenvalue weighted by atomic mass is 9.99. The standard InChI is InChI=1S/C21H35N3O3S/c1-5-17(4)18-8-10-20(11-9-18)28(26,27)24-14-12-23(13-15-24)16-21(25)22-19(6-2)7-3/h8-11,17,19H,5-7,12-16H2,1-4H3,(H,22,25)/p+1/t17-/m1/s1. The van der Waals surface area contributed by atoms with Crippen LogP contribution in [0.5, 0.6) is 0 Å². The summed E-state index contributed by atoms with van der Waals surface area (Å²) in [7, 11) is -3.47. The van der Waals surface area contributed by atoms with Crippen LogP contribution in [-0.2, 0) is 14.8 Å². The molecule has 1 amide bonds. The molecule has 0 saturated carbocycles. The van der Waals surface area contributed by atoms with Crippen LogP contribution in [0.1, 0.15) is 58.4 Å². The Morgan fingerprint density at radius 3 is 2.14 bits per heavy atom. The van der Waals surface area contributed by atoms with Crippen molar-refractivity contribution in [1.82, 2.24) is 9.62 Å². The lowest BCUT2D eigenvalue weighted by Gasteiger charge is -2.31. The zero-order chi connectivity index (χ0) is 20.7. The molecule has 1 atom stereocenters. The molecule has 1 aromatic carbocycles. The molecule has 7 heteroatoms. The van der Waals surface area contributed by atoms with E-state index in [0.29, 0.717) is 43.5 Å². The molecule has 1 fully saturated rings. The van der Waals surface area contributed by atoms with E-state index in [0.717, 1.165) is 24.2 Å². The highest BCUT2D eigenvalue weighted by Crippen LogP contribution is 2.22. The number of hydrogen-bond donors (Lipinski definition) is 2. The van der Waals surface area contributed by atoms with Crippen LogP contribution in [0.25, 0.3) is 0 Å². The minimum atomic E-state index is -3.47. The summed E-state index contributed by atoms with van der Waals surface area (Å²) in [6.07, 6.45) is 2.89. The van der Waals surface area contributed by atoms with Gasteiger partial charge in [-0.15, -0.1) is 0 Å². The van der Waals surface area contributed by atoms with E-state index in [-0.39, 0.29) is 11.9 Å². The third-order valence-corrected chi connectivity index (χ3v) is 7.80. The van der Waals surface area contributed by atoms with Gasteiger partial charge in [0.05, 0.1) is 31.1 Å². The van der Waals surface area contributed by atoms with Gasteiger partial charge < -0.3 is 10.2 Å². The number of nitrogens with one attached hydrogen (secondary N) is 2. The number of quaternary nitrogens is 1. The Hall–Kier alpha value is -1.44. The molecular formula is C21H36N3O3S+. The molecule has 2 N–H and O–H groups in total. The van der Waals surface area contributed by atoms with Crippen LogP contribution < -0.4 is 10.2 Å². The number of carbonyl (C=O) groups is 1. The van der Waals surface area contributed by atoms with Crippen molar-refractivity contribution in [3.05, 3.63) is 29.8 Å². The third kappa shape index (κ3) is 5.78. The van der Waals surface area contributed by atoms with Crippen LogP contribution in [0.3, 0.4) is 0 Å². The van der Waals surface area contributed by atoms with Gasteiger partial charge in [0.1, 0.15) is 0 Å². The SMILES string of the molecule is CCC(CC)NC(=O)C[NH+]1CCN(S(=O)(=O)c2ccc([C@H](C)CC)cc2)CC1. The maximum absolute atomic E-state index is 12.9. The fraction of sp³-hybridized carbons (Fsp3) is 0.667. The molecule has 28 heavy (non-hydrogen) atoms. The first-order valence-corrected chi connectivity index (χ1v) is 12.0. The lowest BCUT2D eigenvalue weighted by molar-refractivity contribution is -0.895. The number of piperazine rings is 1. The van der Waals surface area contributed by atoms with Crippen molar-refractivity contribution in [2.75, 3.05) is 32.7 Å². The first-order valence-electron chi connectivity index (χ1n) is 10.5. The first kappa shape index (κ1) is 22.8. The lowest BCUT2D eigenvalue weighted by Crippen LogP contribution is -3.15. The second-order valence-electron chi connectivity index (χ2n) is 7.79.